The van der Waals surface area contributed by atoms with Crippen molar-refractivity contribution in [1.29, 1.82) is 0 Å². The molecule has 1 aromatic heterocycles. The van der Waals surface area contributed by atoms with Gasteiger partial charge in [-0.3, -0.25) is 9.59 Å². The fraction of sp³-hybridized carbons (Fsp3) is 0.136. The van der Waals surface area contributed by atoms with Crippen LogP contribution >= 0.6 is 11.6 Å². The zero-order valence-corrected chi connectivity index (χ0v) is 16.5. The highest BCUT2D eigenvalue weighted by molar-refractivity contribution is 6.31. The number of benzene rings is 2. The Hall–Kier alpha value is -3.38. The van der Waals surface area contributed by atoms with E-state index < -0.39 is 11.3 Å². The maximum Gasteiger partial charge on any atom is 0.343 e. The molecule has 1 amide bonds. The number of nitrogens with one attached hydrogen (secondary N) is 2. The predicted octanol–water partition coefficient (Wildman–Crippen LogP) is 4.08. The van der Waals surface area contributed by atoms with Gasteiger partial charge in [-0.25, -0.2) is 4.79 Å². The van der Waals surface area contributed by atoms with E-state index in [1.54, 1.807) is 55.5 Å². The van der Waals surface area contributed by atoms with Gasteiger partial charge in [0.05, 0.1) is 11.1 Å². The summed E-state index contributed by atoms with van der Waals surface area (Å²) >= 11 is 6.06. The minimum atomic E-state index is -1.19. The van der Waals surface area contributed by atoms with Gasteiger partial charge in [0.2, 0.25) is 0 Å². The van der Waals surface area contributed by atoms with Crippen LogP contribution in [0.15, 0.2) is 57.8 Å². The number of amides is 1. The number of carbonyl (C=O) groups is 2. The number of hydrogen-bond donors (Lipinski definition) is 2. The van der Waals surface area contributed by atoms with Crippen LogP contribution in [0.1, 0.15) is 35.3 Å². The molecule has 1 aliphatic rings. The Kier molecular flexibility index (Phi) is 4.51. The van der Waals surface area contributed by atoms with Crippen LogP contribution < -0.4 is 16.3 Å². The van der Waals surface area contributed by atoms with Gasteiger partial charge in [-0.15, -0.1) is 0 Å². The Bertz CT molecular complexity index is 1260. The van der Waals surface area contributed by atoms with E-state index in [9.17, 15) is 14.4 Å². The van der Waals surface area contributed by atoms with E-state index in [2.05, 4.69) is 10.6 Å². The van der Waals surface area contributed by atoms with Gasteiger partial charge in [-0.05, 0) is 55.8 Å². The van der Waals surface area contributed by atoms with Gasteiger partial charge in [0.15, 0.2) is 5.78 Å². The Morgan fingerprint density at radius 1 is 1.14 bits per heavy atom. The fourth-order valence-electron chi connectivity index (χ4n) is 3.44. The van der Waals surface area contributed by atoms with Crippen LogP contribution in [0.5, 0.6) is 0 Å². The number of allylic oxidation sites excluding steroid dienone is 1. The zero-order valence-electron chi connectivity index (χ0n) is 15.7. The molecule has 1 unspecified atom stereocenters. The Morgan fingerprint density at radius 2 is 1.93 bits per heavy atom. The Balaban J connectivity index is 1.82. The molecule has 0 aliphatic carbocycles. The van der Waals surface area contributed by atoms with Gasteiger partial charge < -0.3 is 15.1 Å². The fourth-order valence-corrected chi connectivity index (χ4v) is 3.62. The van der Waals surface area contributed by atoms with Gasteiger partial charge in [-0.1, -0.05) is 29.8 Å². The first-order valence-corrected chi connectivity index (χ1v) is 9.31. The van der Waals surface area contributed by atoms with Crippen molar-refractivity contribution in [1.82, 2.24) is 5.32 Å². The molecule has 0 fully saturated rings. The highest BCUT2D eigenvalue weighted by Gasteiger charge is 2.38. The van der Waals surface area contributed by atoms with E-state index in [0.717, 1.165) is 0 Å². The lowest BCUT2D eigenvalue weighted by molar-refractivity contribution is -0.112. The number of hydrogen-bond acceptors (Lipinski definition) is 5. The summed E-state index contributed by atoms with van der Waals surface area (Å²) in [5, 5.41) is 7.23. The van der Waals surface area contributed by atoms with Crippen molar-refractivity contribution >= 4 is 46.0 Å². The normalized spacial score (nSPS) is 18.4. The molecule has 3 aromatic rings. The van der Waals surface area contributed by atoms with Crippen LogP contribution in [-0.4, -0.2) is 11.7 Å². The largest absolute Gasteiger partial charge is 0.422 e. The molecule has 2 heterocycles. The third-order valence-corrected chi connectivity index (χ3v) is 5.04. The molecule has 29 heavy (non-hydrogen) atoms. The third kappa shape index (κ3) is 3.43. The van der Waals surface area contributed by atoms with Crippen molar-refractivity contribution in [3.05, 3.63) is 80.7 Å². The van der Waals surface area contributed by atoms with Crippen LogP contribution in [-0.2, 0) is 10.5 Å². The van der Waals surface area contributed by atoms with E-state index in [1.807, 2.05) is 0 Å². The van der Waals surface area contributed by atoms with Crippen molar-refractivity contribution in [2.45, 2.75) is 19.5 Å². The summed E-state index contributed by atoms with van der Waals surface area (Å²) in [6.07, 6.45) is 3.00. The topological polar surface area (TPSA) is 88.4 Å². The molecule has 6 nitrogen and oxygen atoms in total. The van der Waals surface area contributed by atoms with Crippen LogP contribution in [0.3, 0.4) is 0 Å². The third-order valence-electron chi connectivity index (χ3n) is 4.80. The van der Waals surface area contributed by atoms with Crippen molar-refractivity contribution in [3.8, 4) is 0 Å². The number of halogens is 1. The maximum absolute atomic E-state index is 12.9. The molecule has 4 rings (SSSR count). The van der Waals surface area contributed by atoms with Crippen molar-refractivity contribution in [3.63, 3.8) is 0 Å². The molecular weight excluding hydrogens is 392 g/mol. The predicted molar refractivity (Wildman–Crippen MR) is 112 cm³/mol. The van der Waals surface area contributed by atoms with Crippen LogP contribution in [0.25, 0.3) is 17.0 Å². The second-order valence-corrected chi connectivity index (χ2v) is 7.48. The molecule has 0 saturated carbocycles. The number of fused-ring (bicyclic) bond motifs is 2. The standard InChI is InChI=1S/C22H17ClN2O4/c1-12(26)6-7-13-4-3-5-17-19(13)20(27)25-22(2,24-17)16-11-14-10-15(23)8-9-18(14)29-21(16)28/h3-11,24H,1-2H3,(H,25,27)/b7-6+. The minimum absolute atomic E-state index is 0.121. The van der Waals surface area contributed by atoms with Crippen LogP contribution in [0.2, 0.25) is 5.02 Å². The molecule has 7 heteroatoms. The van der Waals surface area contributed by atoms with E-state index in [0.29, 0.717) is 32.8 Å². The van der Waals surface area contributed by atoms with Crippen LogP contribution in [0, 0.1) is 0 Å². The molecule has 2 N–H and O–H groups in total. The Labute approximate surface area is 171 Å². The molecule has 0 saturated heterocycles. The van der Waals surface area contributed by atoms with Crippen LogP contribution in [0.4, 0.5) is 5.69 Å². The molecule has 0 spiro atoms. The molecule has 0 radical (unpaired) electrons. The Morgan fingerprint density at radius 3 is 2.69 bits per heavy atom. The average molecular weight is 409 g/mol. The van der Waals surface area contributed by atoms with Gasteiger partial charge >= 0.3 is 5.63 Å². The van der Waals surface area contributed by atoms with Crippen molar-refractivity contribution < 1.29 is 14.0 Å². The summed E-state index contributed by atoms with van der Waals surface area (Å²) in [6, 6.07) is 11.9. The summed E-state index contributed by atoms with van der Waals surface area (Å²) in [5.74, 6) is -0.486. The van der Waals surface area contributed by atoms with Gasteiger partial charge in [0.25, 0.3) is 5.91 Å². The second kappa shape index (κ2) is 6.90. The molecule has 0 bridgehead atoms. The second-order valence-electron chi connectivity index (χ2n) is 7.05. The van der Waals surface area contributed by atoms with E-state index in [4.69, 9.17) is 16.0 Å². The number of rotatable bonds is 3. The first kappa shape index (κ1) is 19.0. The van der Waals surface area contributed by atoms with E-state index >= 15 is 0 Å². The van der Waals surface area contributed by atoms with Gasteiger partial charge in [0, 0.05) is 16.1 Å². The minimum Gasteiger partial charge on any atom is -0.422 e. The highest BCUT2D eigenvalue weighted by Crippen LogP contribution is 2.33. The SMILES string of the molecule is CC(=O)/C=C/c1cccc2c1C(=O)NC(C)(c1cc3cc(Cl)ccc3oc1=O)N2. The highest BCUT2D eigenvalue weighted by atomic mass is 35.5. The van der Waals surface area contributed by atoms with Gasteiger partial charge in [0.1, 0.15) is 11.2 Å². The smallest absolute Gasteiger partial charge is 0.343 e. The lowest BCUT2D eigenvalue weighted by Gasteiger charge is -2.37. The quantitative estimate of drug-likeness (QED) is 0.503. The summed E-state index contributed by atoms with van der Waals surface area (Å²) in [7, 11) is 0. The molecule has 1 aliphatic heterocycles. The molecule has 2 aromatic carbocycles. The number of carbonyl (C=O) groups excluding carboxylic acids is 2. The van der Waals surface area contributed by atoms with E-state index in [1.165, 1.54) is 13.0 Å². The lowest BCUT2D eigenvalue weighted by atomic mass is 9.94. The summed E-state index contributed by atoms with van der Waals surface area (Å²) in [6.45, 7) is 3.13. The monoisotopic (exact) mass is 408 g/mol. The first-order valence-electron chi connectivity index (χ1n) is 8.93. The summed E-state index contributed by atoms with van der Waals surface area (Å²) in [5.41, 5.74) is 0.447. The first-order chi connectivity index (χ1) is 13.8. The summed E-state index contributed by atoms with van der Waals surface area (Å²) < 4.78 is 5.42. The molecule has 146 valence electrons. The van der Waals surface area contributed by atoms with E-state index in [-0.39, 0.29) is 17.3 Å². The molecule has 1 atom stereocenters. The zero-order chi connectivity index (χ0) is 20.8. The number of anilines is 1. The number of ketones is 1. The molecular formula is C22H17ClN2O4. The lowest BCUT2D eigenvalue weighted by Crippen LogP contribution is -2.55. The van der Waals surface area contributed by atoms with Gasteiger partial charge in [-0.2, -0.15) is 0 Å². The maximum atomic E-state index is 12.9. The average Bonchev–Trinajstić information content (AvgIpc) is 2.65. The van der Waals surface area contributed by atoms with Crippen molar-refractivity contribution in [2.75, 3.05) is 5.32 Å². The van der Waals surface area contributed by atoms with Crippen molar-refractivity contribution in [2.24, 2.45) is 0 Å². The summed E-state index contributed by atoms with van der Waals surface area (Å²) in [4.78, 5) is 36.9.